The van der Waals surface area contributed by atoms with Crippen LogP contribution in [0.25, 0.3) is 22.8 Å². The smallest absolute Gasteiger partial charge is 0.303 e. The van der Waals surface area contributed by atoms with Crippen LogP contribution in [-0.2, 0) is 17.6 Å². The van der Waals surface area contributed by atoms with E-state index < -0.39 is 5.97 Å². The molecule has 4 rings (SSSR count). The maximum Gasteiger partial charge on any atom is 0.303 e. The number of nitrogens with zero attached hydrogens (tertiary/aromatic N) is 2. The fourth-order valence-corrected chi connectivity index (χ4v) is 4.39. The second-order valence-corrected chi connectivity index (χ2v) is 9.00. The first-order valence-electron chi connectivity index (χ1n) is 11.0. The number of aliphatic carboxylic acids is 1. The molecule has 1 N–H and O–H groups in total. The van der Waals surface area contributed by atoms with Gasteiger partial charge in [0.15, 0.2) is 0 Å². The molecule has 1 heterocycles. The number of carbonyl (C=O) groups is 1. The van der Waals surface area contributed by atoms with Gasteiger partial charge in [0, 0.05) is 17.5 Å². The lowest BCUT2D eigenvalue weighted by molar-refractivity contribution is -0.137. The third kappa shape index (κ3) is 6.27. The number of hydrogen-bond donors (Lipinski definition) is 1. The average molecular weight is 491 g/mol. The van der Waals surface area contributed by atoms with E-state index in [-0.39, 0.29) is 24.9 Å². The summed E-state index contributed by atoms with van der Waals surface area (Å²) in [6.45, 7) is 3.90. The number of halogens is 2. The lowest BCUT2D eigenvalue weighted by atomic mass is 9.94. The highest BCUT2D eigenvalue weighted by molar-refractivity contribution is 6.32. The summed E-state index contributed by atoms with van der Waals surface area (Å²) in [7, 11) is 0. The number of fused-ring (bicyclic) bond motifs is 1. The Kier molecular flexibility index (Phi) is 8.38. The Morgan fingerprint density at radius 3 is 2.58 bits per heavy atom. The van der Waals surface area contributed by atoms with E-state index in [0.29, 0.717) is 28.4 Å². The molecule has 0 bridgehead atoms. The van der Waals surface area contributed by atoms with Crippen LogP contribution in [0.2, 0.25) is 5.02 Å². The normalized spacial score (nSPS) is 15.5. The predicted octanol–water partition coefficient (Wildman–Crippen LogP) is 6.63. The van der Waals surface area contributed by atoms with E-state index in [2.05, 4.69) is 22.3 Å². The van der Waals surface area contributed by atoms with Crippen LogP contribution in [0.1, 0.15) is 50.7 Å². The van der Waals surface area contributed by atoms with Gasteiger partial charge in [-0.05, 0) is 87.3 Å². The number of rotatable bonds is 7. The minimum atomic E-state index is -0.717. The monoisotopic (exact) mass is 490 g/mol. The Morgan fingerprint density at radius 2 is 1.88 bits per heavy atom. The van der Waals surface area contributed by atoms with Crippen molar-refractivity contribution >= 4 is 30.0 Å². The van der Waals surface area contributed by atoms with E-state index in [4.69, 9.17) is 26.0 Å². The van der Waals surface area contributed by atoms with E-state index in [1.807, 2.05) is 32.0 Å². The summed E-state index contributed by atoms with van der Waals surface area (Å²) in [5, 5.41) is 13.6. The number of carboxylic acids is 1. The van der Waals surface area contributed by atoms with Gasteiger partial charge in [0.1, 0.15) is 5.75 Å². The molecule has 0 amide bonds. The Morgan fingerprint density at radius 1 is 1.15 bits per heavy atom. The van der Waals surface area contributed by atoms with Crippen molar-refractivity contribution in [2.24, 2.45) is 5.92 Å². The van der Waals surface area contributed by atoms with Gasteiger partial charge in [-0.1, -0.05) is 28.9 Å². The first-order chi connectivity index (χ1) is 15.4. The Hall–Kier alpha value is -2.57. The molecule has 1 aliphatic carbocycles. The van der Waals surface area contributed by atoms with E-state index in [9.17, 15) is 4.79 Å². The number of ether oxygens (including phenoxy) is 1. The quantitative estimate of drug-likeness (QED) is 0.374. The minimum absolute atomic E-state index is 0. The molecule has 33 heavy (non-hydrogen) atoms. The molecule has 0 aliphatic heterocycles. The summed E-state index contributed by atoms with van der Waals surface area (Å²) in [5.41, 5.74) is 4.25. The number of benzene rings is 2. The molecule has 0 radical (unpaired) electrons. The van der Waals surface area contributed by atoms with Crippen LogP contribution in [-0.4, -0.2) is 27.3 Å². The van der Waals surface area contributed by atoms with Crippen molar-refractivity contribution in [3.8, 4) is 28.6 Å². The number of aromatic nitrogens is 2. The lowest BCUT2D eigenvalue weighted by Gasteiger charge is -2.11. The van der Waals surface area contributed by atoms with Gasteiger partial charge in [-0.25, -0.2) is 0 Å². The van der Waals surface area contributed by atoms with Crippen molar-refractivity contribution in [2.45, 2.75) is 58.5 Å². The van der Waals surface area contributed by atoms with Gasteiger partial charge in [0.05, 0.1) is 11.1 Å². The summed E-state index contributed by atoms with van der Waals surface area (Å²) in [6, 6.07) is 11.7. The zero-order valence-electron chi connectivity index (χ0n) is 18.7. The average Bonchev–Trinajstić information content (AvgIpc) is 3.16. The van der Waals surface area contributed by atoms with Gasteiger partial charge in [0.25, 0.3) is 5.89 Å². The van der Waals surface area contributed by atoms with Gasteiger partial charge in [-0.15, -0.1) is 12.4 Å². The fourth-order valence-electron chi connectivity index (χ4n) is 4.16. The van der Waals surface area contributed by atoms with Gasteiger partial charge in [-0.3, -0.25) is 4.79 Å². The van der Waals surface area contributed by atoms with E-state index >= 15 is 0 Å². The second kappa shape index (κ2) is 11.0. The van der Waals surface area contributed by atoms with Crippen molar-refractivity contribution in [3.63, 3.8) is 0 Å². The summed E-state index contributed by atoms with van der Waals surface area (Å²) >= 11 is 6.35. The molecule has 2 aromatic carbocycles. The Labute approximate surface area is 204 Å². The van der Waals surface area contributed by atoms with Crippen LogP contribution >= 0.6 is 24.0 Å². The van der Waals surface area contributed by atoms with Crippen LogP contribution < -0.4 is 4.74 Å². The third-order valence-electron chi connectivity index (χ3n) is 5.84. The molecule has 3 aromatic rings. The van der Waals surface area contributed by atoms with Crippen LogP contribution in [0.4, 0.5) is 0 Å². The summed E-state index contributed by atoms with van der Waals surface area (Å²) in [4.78, 5) is 15.5. The van der Waals surface area contributed by atoms with Crippen molar-refractivity contribution in [2.75, 3.05) is 0 Å². The van der Waals surface area contributed by atoms with E-state index in [0.717, 1.165) is 43.2 Å². The van der Waals surface area contributed by atoms with Gasteiger partial charge < -0.3 is 14.4 Å². The fraction of sp³-hybridized carbons (Fsp3) is 0.400. The summed E-state index contributed by atoms with van der Waals surface area (Å²) < 4.78 is 11.2. The van der Waals surface area contributed by atoms with Crippen molar-refractivity contribution in [3.05, 3.63) is 52.5 Å². The Bertz CT molecular complexity index is 1110. The number of hydrogen-bond acceptors (Lipinski definition) is 5. The Balaban J connectivity index is 0.00000306. The van der Waals surface area contributed by atoms with Crippen molar-refractivity contribution < 1.29 is 19.2 Å². The molecule has 6 nitrogen and oxygen atoms in total. The molecule has 1 unspecified atom stereocenters. The SMILES string of the molecule is CC(C)Oc1ccc(-c2nc(-c3ccc4c(c3)CCC(CCC(=O)O)CC4)no2)cc1Cl.Cl. The first-order valence-corrected chi connectivity index (χ1v) is 11.4. The maximum atomic E-state index is 10.9. The van der Waals surface area contributed by atoms with Crippen LogP contribution in [0.15, 0.2) is 40.9 Å². The molecule has 1 aliphatic rings. The largest absolute Gasteiger partial charge is 0.489 e. The molecule has 0 fully saturated rings. The third-order valence-corrected chi connectivity index (χ3v) is 6.14. The molecular weight excluding hydrogens is 463 g/mol. The van der Waals surface area contributed by atoms with Gasteiger partial charge in [0.2, 0.25) is 5.82 Å². The molecule has 0 saturated carbocycles. The van der Waals surface area contributed by atoms with Crippen LogP contribution in [0, 0.1) is 5.92 Å². The standard InChI is InChI=1S/C25H27ClN2O4.ClH/c1-15(2)31-22-11-10-20(14-21(22)26)25-27-24(28-32-25)19-9-8-17-6-3-16(5-12-23(29)30)4-7-18(17)13-19;/h8-11,13-16H,3-7,12H2,1-2H3,(H,29,30);1H. The highest BCUT2D eigenvalue weighted by Crippen LogP contribution is 2.33. The van der Waals surface area contributed by atoms with Gasteiger partial charge >= 0.3 is 5.97 Å². The van der Waals surface area contributed by atoms with Gasteiger partial charge in [-0.2, -0.15) is 4.98 Å². The highest BCUT2D eigenvalue weighted by atomic mass is 35.5. The molecule has 176 valence electrons. The topological polar surface area (TPSA) is 85.5 Å². The lowest BCUT2D eigenvalue weighted by Crippen LogP contribution is -2.05. The highest BCUT2D eigenvalue weighted by Gasteiger charge is 2.19. The number of aryl methyl sites for hydroxylation is 2. The second-order valence-electron chi connectivity index (χ2n) is 8.59. The van der Waals surface area contributed by atoms with Crippen molar-refractivity contribution in [1.82, 2.24) is 10.1 Å². The zero-order chi connectivity index (χ0) is 22.7. The molecule has 8 heteroatoms. The molecular formula is C25H28Cl2N2O4. The minimum Gasteiger partial charge on any atom is -0.489 e. The van der Waals surface area contributed by atoms with E-state index in [1.54, 1.807) is 6.07 Å². The maximum absolute atomic E-state index is 10.9. The molecule has 1 atom stereocenters. The molecule has 0 spiro atoms. The zero-order valence-corrected chi connectivity index (χ0v) is 20.3. The summed E-state index contributed by atoms with van der Waals surface area (Å²) in [5.74, 6) is 1.30. The van der Waals surface area contributed by atoms with Crippen LogP contribution in [0.5, 0.6) is 5.75 Å². The first kappa shape index (κ1) is 25.1. The molecule has 0 saturated heterocycles. The van der Waals surface area contributed by atoms with Crippen LogP contribution in [0.3, 0.4) is 0 Å². The molecule has 1 aromatic heterocycles. The number of carboxylic acid groups (broad SMARTS) is 1. The summed E-state index contributed by atoms with van der Waals surface area (Å²) in [6.07, 6.45) is 4.97. The van der Waals surface area contributed by atoms with E-state index in [1.165, 1.54) is 11.1 Å². The predicted molar refractivity (Wildman–Crippen MR) is 130 cm³/mol. The van der Waals surface area contributed by atoms with Crippen molar-refractivity contribution in [1.29, 1.82) is 0 Å².